The van der Waals surface area contributed by atoms with Crippen molar-refractivity contribution in [3.8, 4) is 0 Å². The van der Waals surface area contributed by atoms with E-state index in [2.05, 4.69) is 13.8 Å². The molecule has 0 bridgehead atoms. The summed E-state index contributed by atoms with van der Waals surface area (Å²) in [6, 6.07) is 0. The number of hydrogen-bond acceptors (Lipinski definition) is 1. The highest BCUT2D eigenvalue weighted by Gasteiger charge is 2.48. The molecular weight excluding hydrogens is 124 g/mol. The molecule has 1 heterocycles. The van der Waals surface area contributed by atoms with Crippen LogP contribution in [0.2, 0.25) is 0 Å². The highest BCUT2D eigenvalue weighted by Crippen LogP contribution is 2.48. The molecule has 1 spiro atoms. The van der Waals surface area contributed by atoms with E-state index >= 15 is 0 Å². The predicted molar refractivity (Wildman–Crippen MR) is 40.9 cm³/mol. The van der Waals surface area contributed by atoms with Gasteiger partial charge >= 0.3 is 0 Å². The van der Waals surface area contributed by atoms with Crippen LogP contribution in [0.4, 0.5) is 0 Å². The van der Waals surface area contributed by atoms with Crippen LogP contribution >= 0.6 is 0 Å². The van der Waals surface area contributed by atoms with Crippen LogP contribution in [-0.2, 0) is 4.74 Å². The highest BCUT2D eigenvalue weighted by atomic mass is 16.6. The maximum atomic E-state index is 5.43. The summed E-state index contributed by atoms with van der Waals surface area (Å²) in [7, 11) is 0. The molecule has 2 aliphatic rings. The van der Waals surface area contributed by atoms with Crippen molar-refractivity contribution in [1.82, 2.24) is 0 Å². The first kappa shape index (κ1) is 6.66. The summed E-state index contributed by atoms with van der Waals surface area (Å²) >= 11 is 0. The topological polar surface area (TPSA) is 12.5 Å². The third-order valence-corrected chi connectivity index (χ3v) is 3.07. The third-order valence-electron chi connectivity index (χ3n) is 3.07. The van der Waals surface area contributed by atoms with Gasteiger partial charge in [0, 0.05) is 0 Å². The quantitative estimate of drug-likeness (QED) is 0.470. The largest absolute Gasteiger partial charge is 0.370 e. The summed E-state index contributed by atoms with van der Waals surface area (Å²) in [5.41, 5.74) is 0.979. The van der Waals surface area contributed by atoms with Crippen molar-refractivity contribution in [2.45, 2.75) is 45.1 Å². The first-order valence-electron chi connectivity index (χ1n) is 4.26. The zero-order chi connectivity index (χ0) is 7.24. The van der Waals surface area contributed by atoms with Crippen molar-refractivity contribution >= 4 is 0 Å². The molecule has 0 aromatic carbocycles. The molecule has 0 amide bonds. The lowest BCUT2D eigenvalue weighted by molar-refractivity contribution is 0.148. The fraction of sp³-hybridized carbons (Fsp3) is 1.00. The SMILES string of the molecule is CC1(C)CCC2(CC1)CO2. The Bertz CT molecular complexity index is 127. The Balaban J connectivity index is 1.95. The van der Waals surface area contributed by atoms with Gasteiger partial charge in [-0.05, 0) is 31.1 Å². The summed E-state index contributed by atoms with van der Waals surface area (Å²) < 4.78 is 5.43. The van der Waals surface area contributed by atoms with Crippen LogP contribution in [0.1, 0.15) is 39.5 Å². The summed E-state index contributed by atoms with van der Waals surface area (Å²) in [6.45, 7) is 5.77. The average molecular weight is 140 g/mol. The van der Waals surface area contributed by atoms with Crippen LogP contribution in [-0.4, -0.2) is 12.2 Å². The standard InChI is InChI=1S/C9H16O/c1-8(2)3-5-9(6-4-8)7-10-9/h3-7H2,1-2H3. The van der Waals surface area contributed by atoms with Gasteiger partial charge in [-0.2, -0.15) is 0 Å². The van der Waals surface area contributed by atoms with Crippen LogP contribution in [0.5, 0.6) is 0 Å². The van der Waals surface area contributed by atoms with E-state index in [4.69, 9.17) is 4.74 Å². The summed E-state index contributed by atoms with van der Waals surface area (Å²) in [5.74, 6) is 0. The Kier molecular flexibility index (Phi) is 1.17. The molecule has 1 aliphatic carbocycles. The summed E-state index contributed by atoms with van der Waals surface area (Å²) in [4.78, 5) is 0. The molecule has 0 aromatic heterocycles. The zero-order valence-electron chi connectivity index (χ0n) is 6.94. The normalized spacial score (nSPS) is 34.2. The molecule has 1 aliphatic heterocycles. The van der Waals surface area contributed by atoms with Crippen molar-refractivity contribution in [2.24, 2.45) is 5.41 Å². The minimum Gasteiger partial charge on any atom is -0.370 e. The Morgan fingerprint density at radius 2 is 1.50 bits per heavy atom. The first-order chi connectivity index (χ1) is 4.62. The van der Waals surface area contributed by atoms with Crippen LogP contribution in [0, 0.1) is 5.41 Å². The summed E-state index contributed by atoms with van der Waals surface area (Å²) in [5, 5.41) is 0. The van der Waals surface area contributed by atoms with Gasteiger partial charge in [-0.3, -0.25) is 0 Å². The number of rotatable bonds is 0. The Morgan fingerprint density at radius 1 is 1.00 bits per heavy atom. The predicted octanol–water partition coefficient (Wildman–Crippen LogP) is 2.36. The average Bonchev–Trinajstić information content (AvgIpc) is 2.60. The van der Waals surface area contributed by atoms with Gasteiger partial charge in [-0.25, -0.2) is 0 Å². The van der Waals surface area contributed by atoms with Crippen LogP contribution in [0.25, 0.3) is 0 Å². The second kappa shape index (κ2) is 1.76. The molecule has 0 unspecified atom stereocenters. The highest BCUT2D eigenvalue weighted by molar-refractivity contribution is 4.97. The van der Waals surface area contributed by atoms with Crippen molar-refractivity contribution in [1.29, 1.82) is 0 Å². The van der Waals surface area contributed by atoms with Crippen molar-refractivity contribution in [3.63, 3.8) is 0 Å². The lowest BCUT2D eigenvalue weighted by Gasteiger charge is -2.32. The lowest BCUT2D eigenvalue weighted by Crippen LogP contribution is -2.26. The van der Waals surface area contributed by atoms with Crippen molar-refractivity contribution < 1.29 is 4.74 Å². The van der Waals surface area contributed by atoms with E-state index in [9.17, 15) is 0 Å². The van der Waals surface area contributed by atoms with Gasteiger partial charge in [0.2, 0.25) is 0 Å². The van der Waals surface area contributed by atoms with Crippen LogP contribution < -0.4 is 0 Å². The molecular formula is C9H16O. The minimum absolute atomic E-state index is 0.384. The number of ether oxygens (including phenoxy) is 1. The molecule has 2 fully saturated rings. The van der Waals surface area contributed by atoms with E-state index < -0.39 is 0 Å². The second-order valence-corrected chi connectivity index (χ2v) is 4.64. The number of hydrogen-bond donors (Lipinski definition) is 0. The van der Waals surface area contributed by atoms with Gasteiger partial charge in [0.05, 0.1) is 12.2 Å². The Hall–Kier alpha value is -0.0400. The summed E-state index contributed by atoms with van der Waals surface area (Å²) in [6.07, 6.45) is 5.32. The zero-order valence-corrected chi connectivity index (χ0v) is 6.94. The van der Waals surface area contributed by atoms with Gasteiger partial charge in [0.1, 0.15) is 0 Å². The fourth-order valence-electron chi connectivity index (χ4n) is 1.77. The molecule has 1 heteroatoms. The van der Waals surface area contributed by atoms with E-state index in [1.54, 1.807) is 0 Å². The van der Waals surface area contributed by atoms with Crippen LogP contribution in [0.3, 0.4) is 0 Å². The van der Waals surface area contributed by atoms with Gasteiger partial charge in [0.25, 0.3) is 0 Å². The monoisotopic (exact) mass is 140 g/mol. The maximum absolute atomic E-state index is 5.43. The molecule has 0 N–H and O–H groups in total. The van der Waals surface area contributed by atoms with Crippen molar-refractivity contribution in [3.05, 3.63) is 0 Å². The minimum atomic E-state index is 0.384. The molecule has 0 atom stereocenters. The van der Waals surface area contributed by atoms with Gasteiger partial charge in [-0.15, -0.1) is 0 Å². The van der Waals surface area contributed by atoms with E-state index in [0.29, 0.717) is 11.0 Å². The molecule has 0 radical (unpaired) electrons. The molecule has 2 rings (SSSR count). The molecule has 58 valence electrons. The van der Waals surface area contributed by atoms with Crippen LogP contribution in [0.15, 0.2) is 0 Å². The fourth-order valence-corrected chi connectivity index (χ4v) is 1.77. The Labute approximate surface area is 62.8 Å². The smallest absolute Gasteiger partial charge is 0.0917 e. The lowest BCUT2D eigenvalue weighted by atomic mass is 9.73. The molecule has 1 saturated heterocycles. The van der Waals surface area contributed by atoms with Crippen molar-refractivity contribution in [2.75, 3.05) is 6.61 Å². The van der Waals surface area contributed by atoms with Gasteiger partial charge in [0.15, 0.2) is 0 Å². The van der Waals surface area contributed by atoms with Gasteiger partial charge < -0.3 is 4.74 Å². The maximum Gasteiger partial charge on any atom is 0.0917 e. The Morgan fingerprint density at radius 3 is 1.90 bits per heavy atom. The second-order valence-electron chi connectivity index (χ2n) is 4.64. The number of epoxide rings is 1. The van der Waals surface area contributed by atoms with Gasteiger partial charge in [-0.1, -0.05) is 13.8 Å². The molecule has 10 heavy (non-hydrogen) atoms. The molecule has 1 nitrogen and oxygen atoms in total. The molecule has 0 aromatic rings. The first-order valence-corrected chi connectivity index (χ1v) is 4.26. The molecule has 1 saturated carbocycles. The van der Waals surface area contributed by atoms with E-state index in [0.717, 1.165) is 6.61 Å². The van der Waals surface area contributed by atoms with E-state index in [1.807, 2.05) is 0 Å². The third kappa shape index (κ3) is 1.07. The van der Waals surface area contributed by atoms with E-state index in [1.165, 1.54) is 25.7 Å². The van der Waals surface area contributed by atoms with E-state index in [-0.39, 0.29) is 0 Å².